The third kappa shape index (κ3) is 3.72. The van der Waals surface area contributed by atoms with Gasteiger partial charge in [0.2, 0.25) is 5.91 Å². The van der Waals surface area contributed by atoms with Crippen molar-refractivity contribution in [2.75, 3.05) is 46.8 Å². The molecule has 5 nitrogen and oxygen atoms in total. The SMILES string of the molecule is CN(C)CCN1CCC2(CCCN(Cc3ccncc3)C2)C1=O. The predicted molar refractivity (Wildman–Crippen MR) is 90.9 cm³/mol. The zero-order valence-corrected chi connectivity index (χ0v) is 14.4. The summed E-state index contributed by atoms with van der Waals surface area (Å²) in [7, 11) is 4.13. The molecule has 3 heterocycles. The van der Waals surface area contributed by atoms with Crippen molar-refractivity contribution < 1.29 is 4.79 Å². The fraction of sp³-hybridized carbons (Fsp3) is 0.667. The average Bonchev–Trinajstić information content (AvgIpc) is 2.83. The van der Waals surface area contributed by atoms with Gasteiger partial charge in [-0.2, -0.15) is 0 Å². The fourth-order valence-electron chi connectivity index (χ4n) is 3.91. The maximum Gasteiger partial charge on any atom is 0.230 e. The smallest absolute Gasteiger partial charge is 0.230 e. The Balaban J connectivity index is 1.62. The highest BCUT2D eigenvalue weighted by molar-refractivity contribution is 5.85. The van der Waals surface area contributed by atoms with Crippen molar-refractivity contribution in [3.63, 3.8) is 0 Å². The molecule has 1 amide bonds. The van der Waals surface area contributed by atoms with Gasteiger partial charge in [-0.1, -0.05) is 0 Å². The molecule has 5 heteroatoms. The van der Waals surface area contributed by atoms with Crippen LogP contribution in [0, 0.1) is 5.41 Å². The Labute approximate surface area is 139 Å². The van der Waals surface area contributed by atoms with Crippen LogP contribution in [-0.4, -0.2) is 72.4 Å². The third-order valence-corrected chi connectivity index (χ3v) is 5.23. The Morgan fingerprint density at radius 2 is 2.00 bits per heavy atom. The molecule has 2 saturated heterocycles. The summed E-state index contributed by atoms with van der Waals surface area (Å²) >= 11 is 0. The molecule has 0 aliphatic carbocycles. The fourth-order valence-corrected chi connectivity index (χ4v) is 3.91. The van der Waals surface area contributed by atoms with Gasteiger partial charge in [-0.05, 0) is 57.6 Å². The summed E-state index contributed by atoms with van der Waals surface area (Å²) in [6.07, 6.45) is 6.89. The van der Waals surface area contributed by atoms with Gasteiger partial charge in [-0.25, -0.2) is 0 Å². The molecule has 23 heavy (non-hydrogen) atoms. The predicted octanol–water partition coefficient (Wildman–Crippen LogP) is 1.46. The molecule has 2 aliphatic rings. The minimum Gasteiger partial charge on any atom is -0.341 e. The summed E-state index contributed by atoms with van der Waals surface area (Å²) in [5, 5.41) is 0. The number of hydrogen-bond donors (Lipinski definition) is 0. The first kappa shape index (κ1) is 16.4. The van der Waals surface area contributed by atoms with E-state index in [0.29, 0.717) is 5.91 Å². The highest BCUT2D eigenvalue weighted by Crippen LogP contribution is 2.40. The molecular weight excluding hydrogens is 288 g/mol. The van der Waals surface area contributed by atoms with Gasteiger partial charge in [0.05, 0.1) is 5.41 Å². The first-order chi connectivity index (χ1) is 11.1. The number of likely N-dealkylation sites (N-methyl/N-ethyl adjacent to an activating group) is 1. The van der Waals surface area contributed by atoms with Gasteiger partial charge >= 0.3 is 0 Å². The van der Waals surface area contributed by atoms with Gasteiger partial charge in [0, 0.05) is 45.1 Å². The number of likely N-dealkylation sites (tertiary alicyclic amines) is 2. The molecule has 126 valence electrons. The van der Waals surface area contributed by atoms with E-state index in [1.165, 1.54) is 5.56 Å². The van der Waals surface area contributed by atoms with E-state index in [1.54, 1.807) is 0 Å². The van der Waals surface area contributed by atoms with Crippen molar-refractivity contribution in [1.82, 2.24) is 19.7 Å². The second kappa shape index (κ2) is 6.97. The van der Waals surface area contributed by atoms with Crippen LogP contribution >= 0.6 is 0 Å². The second-order valence-electron chi connectivity index (χ2n) is 7.30. The molecule has 2 aliphatic heterocycles. The molecule has 2 fully saturated rings. The lowest BCUT2D eigenvalue weighted by molar-refractivity contribution is -0.139. The second-order valence-corrected chi connectivity index (χ2v) is 7.30. The number of amides is 1. The van der Waals surface area contributed by atoms with Gasteiger partial charge in [0.1, 0.15) is 0 Å². The lowest BCUT2D eigenvalue weighted by Crippen LogP contribution is -2.48. The van der Waals surface area contributed by atoms with Crippen LogP contribution in [0.3, 0.4) is 0 Å². The van der Waals surface area contributed by atoms with E-state index in [2.05, 4.69) is 45.9 Å². The van der Waals surface area contributed by atoms with Gasteiger partial charge in [-0.15, -0.1) is 0 Å². The molecule has 0 N–H and O–H groups in total. The van der Waals surface area contributed by atoms with Gasteiger partial charge in [0.25, 0.3) is 0 Å². The van der Waals surface area contributed by atoms with Crippen LogP contribution in [0.1, 0.15) is 24.8 Å². The lowest BCUT2D eigenvalue weighted by Gasteiger charge is -2.39. The van der Waals surface area contributed by atoms with Crippen molar-refractivity contribution in [2.45, 2.75) is 25.8 Å². The van der Waals surface area contributed by atoms with E-state index >= 15 is 0 Å². The molecule has 3 rings (SSSR count). The number of piperidine rings is 1. The van der Waals surface area contributed by atoms with Gasteiger partial charge in [-0.3, -0.25) is 14.7 Å². The molecule has 0 bridgehead atoms. The quantitative estimate of drug-likeness (QED) is 0.824. The highest BCUT2D eigenvalue weighted by Gasteiger charge is 2.48. The van der Waals surface area contributed by atoms with Crippen LogP contribution in [-0.2, 0) is 11.3 Å². The largest absolute Gasteiger partial charge is 0.341 e. The van der Waals surface area contributed by atoms with E-state index < -0.39 is 0 Å². The number of hydrogen-bond acceptors (Lipinski definition) is 4. The monoisotopic (exact) mass is 316 g/mol. The van der Waals surface area contributed by atoms with Crippen molar-refractivity contribution in [3.05, 3.63) is 30.1 Å². The first-order valence-electron chi connectivity index (χ1n) is 8.64. The van der Waals surface area contributed by atoms with Crippen molar-refractivity contribution >= 4 is 5.91 Å². The van der Waals surface area contributed by atoms with E-state index in [1.807, 2.05) is 12.4 Å². The third-order valence-electron chi connectivity index (χ3n) is 5.23. The molecule has 0 radical (unpaired) electrons. The minimum atomic E-state index is -0.127. The van der Waals surface area contributed by atoms with E-state index in [-0.39, 0.29) is 5.41 Å². The van der Waals surface area contributed by atoms with Crippen LogP contribution < -0.4 is 0 Å². The van der Waals surface area contributed by atoms with Gasteiger partial charge < -0.3 is 9.80 Å². The Morgan fingerprint density at radius 1 is 1.22 bits per heavy atom. The molecule has 1 spiro atoms. The minimum absolute atomic E-state index is 0.127. The Bertz CT molecular complexity index is 533. The standard InChI is InChI=1S/C18H28N4O/c1-20(2)12-13-22-11-7-18(17(22)23)6-3-10-21(15-18)14-16-4-8-19-9-5-16/h4-5,8-9H,3,6-7,10-15H2,1-2H3. The number of nitrogens with zero attached hydrogens (tertiary/aromatic N) is 4. The highest BCUT2D eigenvalue weighted by atomic mass is 16.2. The van der Waals surface area contributed by atoms with Crippen LogP contribution in [0.2, 0.25) is 0 Å². The Hall–Kier alpha value is -1.46. The van der Waals surface area contributed by atoms with Crippen LogP contribution in [0.4, 0.5) is 0 Å². The maximum atomic E-state index is 13.0. The van der Waals surface area contributed by atoms with E-state index in [9.17, 15) is 4.79 Å². The summed E-state index contributed by atoms with van der Waals surface area (Å²) in [5.74, 6) is 0.388. The van der Waals surface area contributed by atoms with Crippen molar-refractivity contribution in [1.29, 1.82) is 0 Å². The summed E-state index contributed by atoms with van der Waals surface area (Å²) in [6.45, 7) is 5.66. The molecule has 1 atom stereocenters. The van der Waals surface area contributed by atoms with Crippen LogP contribution in [0.25, 0.3) is 0 Å². The van der Waals surface area contributed by atoms with Crippen molar-refractivity contribution in [3.8, 4) is 0 Å². The van der Waals surface area contributed by atoms with Crippen molar-refractivity contribution in [2.24, 2.45) is 5.41 Å². The summed E-state index contributed by atoms with van der Waals surface area (Å²) in [4.78, 5) is 23.7. The molecule has 0 aromatic carbocycles. The summed E-state index contributed by atoms with van der Waals surface area (Å²) in [5.41, 5.74) is 1.16. The zero-order valence-electron chi connectivity index (χ0n) is 14.4. The number of rotatable bonds is 5. The van der Waals surface area contributed by atoms with Gasteiger partial charge in [0.15, 0.2) is 0 Å². The summed E-state index contributed by atoms with van der Waals surface area (Å²) in [6, 6.07) is 4.14. The first-order valence-corrected chi connectivity index (χ1v) is 8.64. The number of pyridine rings is 1. The lowest BCUT2D eigenvalue weighted by atomic mass is 9.78. The topological polar surface area (TPSA) is 39.7 Å². The normalized spacial score (nSPS) is 25.7. The maximum absolute atomic E-state index is 13.0. The van der Waals surface area contributed by atoms with E-state index in [0.717, 1.165) is 58.5 Å². The number of carbonyl (C=O) groups excluding carboxylic acids is 1. The molecule has 1 aromatic rings. The summed E-state index contributed by atoms with van der Waals surface area (Å²) < 4.78 is 0. The average molecular weight is 316 g/mol. The molecule has 1 aromatic heterocycles. The number of carbonyl (C=O) groups is 1. The van der Waals surface area contributed by atoms with Crippen LogP contribution in [0.5, 0.6) is 0 Å². The Morgan fingerprint density at radius 3 is 2.74 bits per heavy atom. The zero-order chi connectivity index (χ0) is 16.3. The molecule has 1 unspecified atom stereocenters. The van der Waals surface area contributed by atoms with Crippen LogP contribution in [0.15, 0.2) is 24.5 Å². The molecule has 0 saturated carbocycles. The number of aromatic nitrogens is 1. The molecular formula is C18H28N4O. The Kier molecular flexibility index (Phi) is 4.97. The van der Waals surface area contributed by atoms with E-state index in [4.69, 9.17) is 0 Å².